The summed E-state index contributed by atoms with van der Waals surface area (Å²) in [4.78, 5) is 11.2. The third-order valence-electron chi connectivity index (χ3n) is 3.24. The van der Waals surface area contributed by atoms with Crippen LogP contribution in [0.3, 0.4) is 0 Å². The Balaban J connectivity index is 2.14. The molecule has 1 aliphatic heterocycles. The molecule has 0 unspecified atom stereocenters. The molecule has 0 saturated carbocycles. The zero-order valence-electron chi connectivity index (χ0n) is 10.5. The summed E-state index contributed by atoms with van der Waals surface area (Å²) >= 11 is 0. The van der Waals surface area contributed by atoms with Gasteiger partial charge in [0.25, 0.3) is 0 Å². The first kappa shape index (κ1) is 12.4. The minimum Gasteiger partial charge on any atom is -0.361 e. The monoisotopic (exact) mass is 243 g/mol. The van der Waals surface area contributed by atoms with Crippen molar-refractivity contribution in [1.29, 1.82) is 5.26 Å². The number of ketones is 1. The molecule has 0 fully saturated rings. The highest BCUT2D eigenvalue weighted by Gasteiger charge is 2.35. The molecular weight excluding hydrogens is 226 g/mol. The van der Waals surface area contributed by atoms with E-state index in [9.17, 15) is 4.79 Å². The van der Waals surface area contributed by atoms with E-state index in [0.29, 0.717) is 25.7 Å². The molecule has 0 radical (unpaired) electrons. The number of fused-ring (bicyclic) bond motifs is 1. The lowest BCUT2D eigenvalue weighted by Crippen LogP contribution is -2.42. The van der Waals surface area contributed by atoms with Gasteiger partial charge in [0, 0.05) is 19.3 Å². The fourth-order valence-corrected chi connectivity index (χ4v) is 2.28. The maximum atomic E-state index is 11.2. The molecule has 1 aromatic rings. The molecule has 0 aliphatic carbocycles. The standard InChI is InChI=1S/C14H17N3O/c1-11(18)7-9-14(8-4-10-15)16-12-5-2-3-6-13(12)17-14/h2-3,5-6,16-17H,4,7-9H2,1H3. The SMILES string of the molecule is CC(=O)CCC1(CCC#N)Nc2ccccc2N1. The quantitative estimate of drug-likeness (QED) is 0.834. The van der Waals surface area contributed by atoms with Gasteiger partial charge in [-0.1, -0.05) is 12.1 Å². The van der Waals surface area contributed by atoms with Crippen LogP contribution in [0, 0.1) is 11.3 Å². The molecule has 1 heterocycles. The van der Waals surface area contributed by atoms with Gasteiger partial charge < -0.3 is 15.4 Å². The van der Waals surface area contributed by atoms with Crippen molar-refractivity contribution in [3.63, 3.8) is 0 Å². The van der Waals surface area contributed by atoms with Crippen molar-refractivity contribution in [3.8, 4) is 6.07 Å². The highest BCUT2D eigenvalue weighted by atomic mass is 16.1. The average Bonchev–Trinajstić information content (AvgIpc) is 2.73. The molecule has 94 valence electrons. The Hall–Kier alpha value is -2.02. The van der Waals surface area contributed by atoms with E-state index in [1.165, 1.54) is 0 Å². The highest BCUT2D eigenvalue weighted by molar-refractivity contribution is 5.78. The van der Waals surface area contributed by atoms with Gasteiger partial charge in [0.1, 0.15) is 11.4 Å². The summed E-state index contributed by atoms with van der Waals surface area (Å²) in [7, 11) is 0. The molecule has 1 aliphatic rings. The van der Waals surface area contributed by atoms with Crippen molar-refractivity contribution in [1.82, 2.24) is 0 Å². The van der Waals surface area contributed by atoms with Crippen LogP contribution in [0.5, 0.6) is 0 Å². The number of carbonyl (C=O) groups is 1. The van der Waals surface area contributed by atoms with Gasteiger partial charge in [0.05, 0.1) is 17.4 Å². The normalized spacial score (nSPS) is 15.1. The van der Waals surface area contributed by atoms with Crippen LogP contribution >= 0.6 is 0 Å². The predicted molar refractivity (Wildman–Crippen MR) is 71.2 cm³/mol. The first-order valence-corrected chi connectivity index (χ1v) is 6.17. The minimum atomic E-state index is -0.356. The summed E-state index contributed by atoms with van der Waals surface area (Å²) in [5, 5.41) is 15.6. The molecule has 0 bridgehead atoms. The van der Waals surface area contributed by atoms with Crippen LogP contribution in [0.25, 0.3) is 0 Å². The molecule has 0 saturated heterocycles. The second-order valence-electron chi connectivity index (χ2n) is 4.74. The maximum Gasteiger partial charge on any atom is 0.130 e. The summed E-state index contributed by atoms with van der Waals surface area (Å²) in [6.07, 6.45) is 2.36. The van der Waals surface area contributed by atoms with Gasteiger partial charge in [-0.15, -0.1) is 0 Å². The number of nitrogens with one attached hydrogen (secondary N) is 2. The van der Waals surface area contributed by atoms with Crippen molar-refractivity contribution in [2.45, 2.75) is 38.3 Å². The van der Waals surface area contributed by atoms with Gasteiger partial charge in [0.2, 0.25) is 0 Å². The fraction of sp³-hybridized carbons (Fsp3) is 0.429. The van der Waals surface area contributed by atoms with Crippen LogP contribution in [0.15, 0.2) is 24.3 Å². The van der Waals surface area contributed by atoms with E-state index in [-0.39, 0.29) is 11.4 Å². The van der Waals surface area contributed by atoms with E-state index in [1.807, 2.05) is 24.3 Å². The molecule has 1 aromatic carbocycles. The Morgan fingerprint density at radius 2 is 1.89 bits per heavy atom. The van der Waals surface area contributed by atoms with Crippen molar-refractivity contribution in [2.75, 3.05) is 10.6 Å². The number of hydrogen-bond donors (Lipinski definition) is 2. The number of rotatable bonds is 5. The maximum absolute atomic E-state index is 11.2. The van der Waals surface area contributed by atoms with Crippen LogP contribution in [-0.4, -0.2) is 11.4 Å². The Bertz CT molecular complexity index is 465. The van der Waals surface area contributed by atoms with Gasteiger partial charge in [-0.2, -0.15) is 5.26 Å². The summed E-state index contributed by atoms with van der Waals surface area (Å²) in [5.41, 5.74) is 1.73. The molecule has 2 N–H and O–H groups in total. The number of anilines is 2. The van der Waals surface area contributed by atoms with E-state index in [1.54, 1.807) is 6.92 Å². The molecule has 0 amide bonds. The van der Waals surface area contributed by atoms with Gasteiger partial charge in [-0.05, 0) is 25.5 Å². The van der Waals surface area contributed by atoms with Crippen molar-refractivity contribution in [2.24, 2.45) is 0 Å². The van der Waals surface area contributed by atoms with Crippen LogP contribution in [0.2, 0.25) is 0 Å². The van der Waals surface area contributed by atoms with Crippen LogP contribution in [0.1, 0.15) is 32.6 Å². The molecule has 0 spiro atoms. The van der Waals surface area contributed by atoms with Crippen molar-refractivity contribution < 1.29 is 4.79 Å². The minimum absolute atomic E-state index is 0.172. The third-order valence-corrected chi connectivity index (χ3v) is 3.24. The Morgan fingerprint density at radius 3 is 2.39 bits per heavy atom. The number of Topliss-reactive ketones (excluding diaryl/α,β-unsaturated/α-hetero) is 1. The van der Waals surface area contributed by atoms with Crippen LogP contribution in [0.4, 0.5) is 11.4 Å². The lowest BCUT2D eigenvalue weighted by Gasteiger charge is -2.30. The highest BCUT2D eigenvalue weighted by Crippen LogP contribution is 2.38. The molecule has 4 nitrogen and oxygen atoms in total. The fourth-order valence-electron chi connectivity index (χ4n) is 2.28. The molecule has 0 aromatic heterocycles. The zero-order valence-corrected chi connectivity index (χ0v) is 10.5. The zero-order chi connectivity index (χ0) is 13.0. The van der Waals surface area contributed by atoms with Gasteiger partial charge in [-0.3, -0.25) is 0 Å². The molecule has 4 heteroatoms. The first-order valence-electron chi connectivity index (χ1n) is 6.17. The smallest absolute Gasteiger partial charge is 0.130 e. The van der Waals surface area contributed by atoms with Gasteiger partial charge in [0.15, 0.2) is 0 Å². The Morgan fingerprint density at radius 1 is 1.28 bits per heavy atom. The van der Waals surface area contributed by atoms with Crippen molar-refractivity contribution >= 4 is 17.2 Å². The van der Waals surface area contributed by atoms with E-state index in [0.717, 1.165) is 11.4 Å². The Kier molecular flexibility index (Phi) is 3.52. The number of nitrogens with zero attached hydrogens (tertiary/aromatic N) is 1. The number of nitriles is 1. The largest absolute Gasteiger partial charge is 0.361 e. The molecule has 0 atom stereocenters. The Labute approximate surface area is 107 Å². The topological polar surface area (TPSA) is 64.9 Å². The van der Waals surface area contributed by atoms with Crippen LogP contribution < -0.4 is 10.6 Å². The second kappa shape index (κ2) is 5.09. The molecule has 2 rings (SSSR count). The van der Waals surface area contributed by atoms with E-state index in [4.69, 9.17) is 5.26 Å². The molecular formula is C14H17N3O. The third kappa shape index (κ3) is 2.62. The van der Waals surface area contributed by atoms with Crippen LogP contribution in [-0.2, 0) is 4.79 Å². The molecule has 18 heavy (non-hydrogen) atoms. The second-order valence-corrected chi connectivity index (χ2v) is 4.74. The number of benzene rings is 1. The number of para-hydroxylation sites is 2. The van der Waals surface area contributed by atoms with Gasteiger partial charge >= 0.3 is 0 Å². The van der Waals surface area contributed by atoms with Crippen molar-refractivity contribution in [3.05, 3.63) is 24.3 Å². The summed E-state index contributed by atoms with van der Waals surface area (Å²) < 4.78 is 0. The first-order chi connectivity index (χ1) is 8.65. The number of hydrogen-bond acceptors (Lipinski definition) is 4. The lowest BCUT2D eigenvalue weighted by molar-refractivity contribution is -0.117. The van der Waals surface area contributed by atoms with Gasteiger partial charge in [-0.25, -0.2) is 0 Å². The number of carbonyl (C=O) groups excluding carboxylic acids is 1. The summed E-state index contributed by atoms with van der Waals surface area (Å²) in [6, 6.07) is 10.1. The summed E-state index contributed by atoms with van der Waals surface area (Å²) in [6.45, 7) is 1.60. The van der Waals surface area contributed by atoms with E-state index >= 15 is 0 Å². The average molecular weight is 243 g/mol. The lowest BCUT2D eigenvalue weighted by atomic mass is 9.97. The van der Waals surface area contributed by atoms with E-state index < -0.39 is 0 Å². The predicted octanol–water partition coefficient (Wildman–Crippen LogP) is 2.89. The van der Waals surface area contributed by atoms with E-state index in [2.05, 4.69) is 16.7 Å². The summed E-state index contributed by atoms with van der Waals surface area (Å²) in [5.74, 6) is 0.172.